The van der Waals surface area contributed by atoms with Gasteiger partial charge >= 0.3 is 0 Å². The molecule has 0 saturated carbocycles. The van der Waals surface area contributed by atoms with E-state index in [0.717, 1.165) is 5.56 Å². The Morgan fingerprint density at radius 3 is 2.64 bits per heavy atom. The third-order valence-electron chi connectivity index (χ3n) is 1.42. The second kappa shape index (κ2) is 3.28. The molecule has 1 rings (SSSR count). The fourth-order valence-electron chi connectivity index (χ4n) is 0.813. The van der Waals surface area contributed by atoms with Crippen molar-refractivity contribution >= 4 is 29.3 Å². The lowest BCUT2D eigenvalue weighted by Crippen LogP contribution is -1.91. The van der Waals surface area contributed by atoms with Crippen LogP contribution in [0.15, 0.2) is 18.2 Å². The maximum absolute atomic E-state index is 10.8. The minimum atomic E-state index is -0.293. The van der Waals surface area contributed by atoms with Crippen molar-refractivity contribution in [1.82, 2.24) is 0 Å². The molecule has 0 fully saturated rings. The van der Waals surface area contributed by atoms with E-state index in [-0.39, 0.29) is 5.12 Å². The number of hydrogen-bond donors (Lipinski definition) is 1. The highest BCUT2D eigenvalue weighted by molar-refractivity contribution is 7.97. The van der Waals surface area contributed by atoms with Gasteiger partial charge in [0.05, 0.1) is 5.02 Å². The van der Waals surface area contributed by atoms with Crippen LogP contribution in [0.25, 0.3) is 0 Å². The van der Waals surface area contributed by atoms with Crippen LogP contribution in [0, 0.1) is 6.92 Å². The molecule has 1 aromatic rings. The Hall–Kier alpha value is -0.470. The van der Waals surface area contributed by atoms with Crippen LogP contribution in [0.4, 0.5) is 0 Å². The molecule has 58 valence electrons. The molecule has 0 N–H and O–H groups in total. The molecule has 0 saturated heterocycles. The highest BCUT2D eigenvalue weighted by atomic mass is 35.5. The number of benzene rings is 1. The number of carbonyl (C=O) groups is 1. The van der Waals surface area contributed by atoms with E-state index in [1.54, 1.807) is 12.1 Å². The van der Waals surface area contributed by atoms with Gasteiger partial charge in [-0.25, -0.2) is 0 Å². The van der Waals surface area contributed by atoms with Gasteiger partial charge in [-0.2, -0.15) is 0 Å². The smallest absolute Gasteiger partial charge is 0.217 e. The lowest BCUT2D eigenvalue weighted by atomic mass is 10.1. The van der Waals surface area contributed by atoms with Crippen LogP contribution < -0.4 is 0 Å². The summed E-state index contributed by atoms with van der Waals surface area (Å²) in [7, 11) is 0. The third kappa shape index (κ3) is 1.76. The first-order chi connectivity index (χ1) is 5.13. The zero-order valence-corrected chi connectivity index (χ0v) is 7.62. The number of aryl methyl sites for hydroxylation is 1. The number of hydrogen-bond acceptors (Lipinski definition) is 1. The predicted octanol–water partition coefficient (Wildman–Crippen LogP) is 2.72. The van der Waals surface area contributed by atoms with Crippen LogP contribution in [0.2, 0.25) is 5.02 Å². The zero-order chi connectivity index (χ0) is 8.43. The monoisotopic (exact) mass is 186 g/mol. The quantitative estimate of drug-likeness (QED) is 0.668. The Labute approximate surface area is 75.8 Å². The second-order valence-electron chi connectivity index (χ2n) is 2.24. The minimum absolute atomic E-state index is 0.293. The summed E-state index contributed by atoms with van der Waals surface area (Å²) in [5, 5.41) is 0.200. The summed E-state index contributed by atoms with van der Waals surface area (Å²) in [6.45, 7) is 1.85. The van der Waals surface area contributed by atoms with Crippen molar-refractivity contribution in [2.75, 3.05) is 0 Å². The number of thiol groups is 1. The molecule has 3 heteroatoms. The minimum Gasteiger partial charge on any atom is -0.282 e. The fourth-order valence-corrected chi connectivity index (χ4v) is 1.28. The van der Waals surface area contributed by atoms with Gasteiger partial charge in [0, 0.05) is 5.56 Å². The van der Waals surface area contributed by atoms with Crippen molar-refractivity contribution in [2.24, 2.45) is 0 Å². The van der Waals surface area contributed by atoms with Crippen LogP contribution in [0.5, 0.6) is 0 Å². The summed E-state index contributed by atoms with van der Waals surface area (Å²) < 4.78 is 0. The normalized spacial score (nSPS) is 9.73. The van der Waals surface area contributed by atoms with Crippen LogP contribution in [-0.2, 0) is 0 Å². The Balaban J connectivity index is 3.27. The first-order valence-corrected chi connectivity index (χ1v) is 3.94. The topological polar surface area (TPSA) is 17.1 Å². The van der Waals surface area contributed by atoms with Crippen molar-refractivity contribution < 1.29 is 4.79 Å². The van der Waals surface area contributed by atoms with E-state index in [4.69, 9.17) is 11.6 Å². The van der Waals surface area contributed by atoms with E-state index >= 15 is 0 Å². The van der Waals surface area contributed by atoms with Gasteiger partial charge in [0.1, 0.15) is 0 Å². The van der Waals surface area contributed by atoms with Crippen LogP contribution in [0.3, 0.4) is 0 Å². The highest BCUT2D eigenvalue weighted by Crippen LogP contribution is 2.21. The number of carbonyl (C=O) groups excluding carboxylic acids is 1. The molecule has 0 amide bonds. The summed E-state index contributed by atoms with van der Waals surface area (Å²) in [6, 6.07) is 5.29. The van der Waals surface area contributed by atoms with Gasteiger partial charge in [-0.3, -0.25) is 4.79 Å². The first kappa shape index (κ1) is 8.62. The average Bonchev–Trinajstić information content (AvgIpc) is 1.94. The standard InChI is InChI=1S/C8H7ClOS/c1-5-3-2-4-6(7(5)9)8(10)11/h2-4H,1H3,(H,10,11). The number of rotatable bonds is 1. The lowest BCUT2D eigenvalue weighted by Gasteiger charge is -2.00. The Morgan fingerprint density at radius 2 is 2.18 bits per heavy atom. The van der Waals surface area contributed by atoms with E-state index < -0.39 is 0 Å². The van der Waals surface area contributed by atoms with Gasteiger partial charge in [0.15, 0.2) is 0 Å². The van der Waals surface area contributed by atoms with Crippen LogP contribution in [-0.4, -0.2) is 5.12 Å². The number of halogens is 1. The van der Waals surface area contributed by atoms with Gasteiger partial charge < -0.3 is 0 Å². The maximum atomic E-state index is 10.8. The average molecular weight is 187 g/mol. The summed E-state index contributed by atoms with van der Waals surface area (Å²) >= 11 is 9.50. The molecule has 0 heterocycles. The van der Waals surface area contributed by atoms with Crippen molar-refractivity contribution in [3.63, 3.8) is 0 Å². The Morgan fingerprint density at radius 1 is 1.55 bits per heavy atom. The van der Waals surface area contributed by atoms with Crippen molar-refractivity contribution in [2.45, 2.75) is 6.92 Å². The molecule has 0 unspecified atom stereocenters. The molecule has 0 aromatic heterocycles. The van der Waals surface area contributed by atoms with E-state index in [1.165, 1.54) is 0 Å². The van der Waals surface area contributed by atoms with Gasteiger partial charge in [-0.05, 0) is 18.6 Å². The highest BCUT2D eigenvalue weighted by Gasteiger charge is 2.06. The molecule has 11 heavy (non-hydrogen) atoms. The van der Waals surface area contributed by atoms with Gasteiger partial charge in [-0.15, -0.1) is 12.6 Å². The van der Waals surface area contributed by atoms with Crippen LogP contribution >= 0.6 is 24.2 Å². The summed E-state index contributed by atoms with van der Waals surface area (Å²) in [5.41, 5.74) is 1.36. The molecular weight excluding hydrogens is 180 g/mol. The van der Waals surface area contributed by atoms with Crippen molar-refractivity contribution in [1.29, 1.82) is 0 Å². The lowest BCUT2D eigenvalue weighted by molar-refractivity contribution is 0.109. The van der Waals surface area contributed by atoms with Gasteiger partial charge in [0.25, 0.3) is 0 Å². The Kier molecular flexibility index (Phi) is 2.58. The molecule has 1 nitrogen and oxygen atoms in total. The largest absolute Gasteiger partial charge is 0.282 e. The van der Waals surface area contributed by atoms with E-state index in [1.807, 2.05) is 13.0 Å². The second-order valence-corrected chi connectivity index (χ2v) is 3.03. The van der Waals surface area contributed by atoms with E-state index in [0.29, 0.717) is 10.6 Å². The molecular formula is C8H7ClOS. The van der Waals surface area contributed by atoms with E-state index in [2.05, 4.69) is 12.6 Å². The SMILES string of the molecule is Cc1cccc(C(=O)S)c1Cl. The molecule has 1 aromatic carbocycles. The Bertz CT molecular complexity index is 296. The van der Waals surface area contributed by atoms with Crippen molar-refractivity contribution in [3.05, 3.63) is 34.3 Å². The summed E-state index contributed by atoms with van der Waals surface area (Å²) in [6.07, 6.45) is 0. The first-order valence-electron chi connectivity index (χ1n) is 3.11. The third-order valence-corrected chi connectivity index (χ3v) is 2.16. The molecule has 0 aliphatic carbocycles. The van der Waals surface area contributed by atoms with Crippen LogP contribution in [0.1, 0.15) is 15.9 Å². The van der Waals surface area contributed by atoms with E-state index in [9.17, 15) is 4.79 Å². The summed E-state index contributed by atoms with van der Waals surface area (Å²) in [5.74, 6) is 0. The maximum Gasteiger partial charge on any atom is 0.217 e. The molecule has 0 aliphatic heterocycles. The zero-order valence-electron chi connectivity index (χ0n) is 5.97. The molecule has 0 bridgehead atoms. The molecule has 0 aliphatic rings. The fraction of sp³-hybridized carbons (Fsp3) is 0.125. The molecule has 0 spiro atoms. The van der Waals surface area contributed by atoms with Gasteiger partial charge in [0.2, 0.25) is 5.12 Å². The molecule has 0 atom stereocenters. The van der Waals surface area contributed by atoms with Crippen molar-refractivity contribution in [3.8, 4) is 0 Å². The molecule has 0 radical (unpaired) electrons. The summed E-state index contributed by atoms with van der Waals surface area (Å²) in [4.78, 5) is 10.8. The predicted molar refractivity (Wildman–Crippen MR) is 49.5 cm³/mol. The van der Waals surface area contributed by atoms with Gasteiger partial charge in [-0.1, -0.05) is 23.7 Å².